The van der Waals surface area contributed by atoms with E-state index in [1.54, 1.807) is 24.3 Å². The largest absolute Gasteiger partial charge is 0.494 e. The molecule has 0 radical (unpaired) electrons. The highest BCUT2D eigenvalue weighted by Gasteiger charge is 2.10. The molecular weight excluding hydrogens is 360 g/mol. The van der Waals surface area contributed by atoms with Crippen LogP contribution in [0, 0.1) is 0 Å². The zero-order valence-electron chi connectivity index (χ0n) is 16.0. The van der Waals surface area contributed by atoms with Crippen molar-refractivity contribution in [1.82, 2.24) is 0 Å². The number of carbonyl (C=O) groups excluding carboxylic acids is 3. The van der Waals surface area contributed by atoms with E-state index in [0.717, 1.165) is 11.3 Å². The highest BCUT2D eigenvalue weighted by molar-refractivity contribution is 5.93. The van der Waals surface area contributed by atoms with Crippen molar-refractivity contribution in [2.24, 2.45) is 0 Å². The summed E-state index contributed by atoms with van der Waals surface area (Å²) in [6, 6.07) is 14.1. The fraction of sp³-hybridized carbons (Fsp3) is 0.286. The molecule has 0 spiro atoms. The lowest BCUT2D eigenvalue weighted by Gasteiger charge is -2.10. The minimum atomic E-state index is -0.456. The molecule has 2 rings (SSSR count). The van der Waals surface area contributed by atoms with Gasteiger partial charge in [-0.2, -0.15) is 0 Å². The van der Waals surface area contributed by atoms with Crippen LogP contribution in [0.25, 0.3) is 0 Å². The monoisotopic (exact) mass is 384 g/mol. The van der Waals surface area contributed by atoms with Gasteiger partial charge in [-0.15, -0.1) is 0 Å². The minimum Gasteiger partial charge on any atom is -0.494 e. The zero-order chi connectivity index (χ0) is 20.4. The van der Waals surface area contributed by atoms with Crippen molar-refractivity contribution in [3.8, 4) is 5.75 Å². The average molecular weight is 384 g/mol. The van der Waals surface area contributed by atoms with Gasteiger partial charge in [0.15, 0.2) is 6.61 Å². The zero-order valence-corrected chi connectivity index (χ0v) is 16.0. The highest BCUT2D eigenvalue weighted by atomic mass is 16.5. The van der Waals surface area contributed by atoms with E-state index >= 15 is 0 Å². The van der Waals surface area contributed by atoms with Gasteiger partial charge >= 0.3 is 5.97 Å². The molecule has 0 heterocycles. The maximum absolute atomic E-state index is 11.9. The van der Waals surface area contributed by atoms with Gasteiger partial charge < -0.3 is 20.1 Å². The Kier molecular flexibility index (Phi) is 8.02. The summed E-state index contributed by atoms with van der Waals surface area (Å²) in [4.78, 5) is 34.8. The Labute approximate surface area is 164 Å². The van der Waals surface area contributed by atoms with Crippen LogP contribution >= 0.6 is 0 Å². The van der Waals surface area contributed by atoms with E-state index in [0.29, 0.717) is 24.4 Å². The number of nitrogens with one attached hydrogen (secondary N) is 2. The average Bonchev–Trinajstić information content (AvgIpc) is 2.67. The van der Waals surface area contributed by atoms with E-state index < -0.39 is 11.9 Å². The summed E-state index contributed by atoms with van der Waals surface area (Å²) in [5.41, 5.74) is 2.09. The van der Waals surface area contributed by atoms with Crippen molar-refractivity contribution in [2.45, 2.75) is 26.7 Å². The van der Waals surface area contributed by atoms with Crippen molar-refractivity contribution in [2.75, 3.05) is 23.8 Å². The molecule has 0 aliphatic rings. The normalized spacial score (nSPS) is 10.1. The molecule has 0 aromatic heterocycles. The number of para-hydroxylation sites is 1. The molecule has 0 unspecified atom stereocenters. The first-order valence-electron chi connectivity index (χ1n) is 9.01. The molecule has 0 fully saturated rings. The van der Waals surface area contributed by atoms with Gasteiger partial charge in [-0.3, -0.25) is 14.4 Å². The number of anilines is 2. The summed E-state index contributed by atoms with van der Waals surface area (Å²) in [5.74, 6) is -0.316. The predicted octanol–water partition coefficient (Wildman–Crippen LogP) is 3.16. The predicted molar refractivity (Wildman–Crippen MR) is 106 cm³/mol. The maximum Gasteiger partial charge on any atom is 0.306 e. The SMILES string of the molecule is CCOc1ccccc1CCC(=O)OCC(=O)Nc1ccc(NC(C)=O)cc1. The van der Waals surface area contributed by atoms with E-state index in [1.165, 1.54) is 6.92 Å². The van der Waals surface area contributed by atoms with E-state index in [-0.39, 0.29) is 18.9 Å². The summed E-state index contributed by atoms with van der Waals surface area (Å²) >= 11 is 0. The molecule has 2 N–H and O–H groups in total. The van der Waals surface area contributed by atoms with Crippen LogP contribution in [0.1, 0.15) is 25.8 Å². The minimum absolute atomic E-state index is 0.156. The Balaban J connectivity index is 1.75. The fourth-order valence-electron chi connectivity index (χ4n) is 2.50. The molecule has 2 amide bonds. The standard InChI is InChI=1S/C21H24N2O5/c1-3-27-19-7-5-4-6-16(19)8-13-21(26)28-14-20(25)23-18-11-9-17(10-12-18)22-15(2)24/h4-7,9-12H,3,8,13-14H2,1-2H3,(H,22,24)(H,23,25). The molecule has 0 saturated carbocycles. The van der Waals surface area contributed by atoms with E-state index in [2.05, 4.69) is 10.6 Å². The number of carbonyl (C=O) groups is 3. The molecule has 0 aliphatic heterocycles. The van der Waals surface area contributed by atoms with Crippen molar-refractivity contribution < 1.29 is 23.9 Å². The molecule has 0 saturated heterocycles. The number of rotatable bonds is 9. The van der Waals surface area contributed by atoms with E-state index in [1.807, 2.05) is 31.2 Å². The second-order valence-electron chi connectivity index (χ2n) is 6.01. The number of aryl methyl sites for hydroxylation is 1. The first kappa shape index (κ1) is 21.0. The third kappa shape index (κ3) is 7.11. The second kappa shape index (κ2) is 10.7. The van der Waals surface area contributed by atoms with Gasteiger partial charge in [-0.05, 0) is 49.2 Å². The molecule has 148 valence electrons. The number of benzene rings is 2. The molecule has 0 atom stereocenters. The molecule has 28 heavy (non-hydrogen) atoms. The van der Waals surface area contributed by atoms with Crippen LogP contribution < -0.4 is 15.4 Å². The first-order chi connectivity index (χ1) is 13.5. The van der Waals surface area contributed by atoms with Crippen molar-refractivity contribution in [3.05, 3.63) is 54.1 Å². The molecule has 2 aromatic rings. The lowest BCUT2D eigenvalue weighted by molar-refractivity contribution is -0.147. The second-order valence-corrected chi connectivity index (χ2v) is 6.01. The van der Waals surface area contributed by atoms with Crippen molar-refractivity contribution in [3.63, 3.8) is 0 Å². The highest BCUT2D eigenvalue weighted by Crippen LogP contribution is 2.19. The molecule has 0 bridgehead atoms. The van der Waals surface area contributed by atoms with Crippen molar-refractivity contribution >= 4 is 29.2 Å². The number of ether oxygens (including phenoxy) is 2. The summed E-state index contributed by atoms with van der Waals surface area (Å²) < 4.78 is 10.5. The topological polar surface area (TPSA) is 93.7 Å². The Bertz CT molecular complexity index is 818. The van der Waals surface area contributed by atoms with Gasteiger partial charge in [0.1, 0.15) is 5.75 Å². The Morgan fingerprint density at radius 1 is 0.929 bits per heavy atom. The smallest absolute Gasteiger partial charge is 0.306 e. The quantitative estimate of drug-likeness (QED) is 0.648. The van der Waals surface area contributed by atoms with Gasteiger partial charge in [-0.1, -0.05) is 18.2 Å². The number of hydrogen-bond donors (Lipinski definition) is 2. The maximum atomic E-state index is 11.9. The Morgan fingerprint density at radius 2 is 1.57 bits per heavy atom. The number of hydrogen-bond acceptors (Lipinski definition) is 5. The van der Waals surface area contributed by atoms with Crippen LogP contribution in [-0.2, 0) is 25.5 Å². The third-order valence-electron chi connectivity index (χ3n) is 3.72. The van der Waals surface area contributed by atoms with Crippen LogP contribution in [0.15, 0.2) is 48.5 Å². The summed E-state index contributed by atoms with van der Waals surface area (Å²) in [6.07, 6.45) is 0.629. The lowest BCUT2D eigenvalue weighted by atomic mass is 10.1. The van der Waals surface area contributed by atoms with Gasteiger partial charge in [0.05, 0.1) is 6.61 Å². The van der Waals surface area contributed by atoms with Crippen LogP contribution in [0.4, 0.5) is 11.4 Å². The molecule has 7 heteroatoms. The van der Waals surface area contributed by atoms with E-state index in [4.69, 9.17) is 9.47 Å². The summed E-state index contributed by atoms with van der Waals surface area (Å²) in [5, 5.41) is 5.26. The molecular formula is C21H24N2O5. The van der Waals surface area contributed by atoms with Crippen LogP contribution in [0.5, 0.6) is 5.75 Å². The molecule has 0 aliphatic carbocycles. The van der Waals surface area contributed by atoms with Crippen LogP contribution in [-0.4, -0.2) is 31.0 Å². The van der Waals surface area contributed by atoms with Crippen LogP contribution in [0.2, 0.25) is 0 Å². The van der Waals surface area contributed by atoms with Crippen molar-refractivity contribution in [1.29, 1.82) is 0 Å². The van der Waals surface area contributed by atoms with Crippen LogP contribution in [0.3, 0.4) is 0 Å². The lowest BCUT2D eigenvalue weighted by Crippen LogP contribution is -2.21. The van der Waals surface area contributed by atoms with Gasteiger partial charge in [0.2, 0.25) is 5.91 Å². The third-order valence-corrected chi connectivity index (χ3v) is 3.72. The molecule has 2 aromatic carbocycles. The van der Waals surface area contributed by atoms with Gasteiger partial charge in [0, 0.05) is 24.7 Å². The van der Waals surface area contributed by atoms with E-state index in [9.17, 15) is 14.4 Å². The Hall–Kier alpha value is -3.35. The fourth-order valence-corrected chi connectivity index (χ4v) is 2.50. The summed E-state index contributed by atoms with van der Waals surface area (Å²) in [6.45, 7) is 3.50. The number of amides is 2. The Morgan fingerprint density at radius 3 is 2.21 bits per heavy atom. The van der Waals surface area contributed by atoms with Gasteiger partial charge in [-0.25, -0.2) is 0 Å². The molecule has 7 nitrogen and oxygen atoms in total. The number of esters is 1. The summed E-state index contributed by atoms with van der Waals surface area (Å²) in [7, 11) is 0. The first-order valence-corrected chi connectivity index (χ1v) is 9.01. The van der Waals surface area contributed by atoms with Gasteiger partial charge in [0.25, 0.3) is 5.91 Å².